The standard InChI is InChI=1S/C25H25ClFN5O4S2/c1-36-20-7-3-6-19-23(20)24(31-38(34,35)22-9-8-21(26)37-22)30-32(19)14-16-5-2-4-15(10-16)12-29-25(33)18-11-17(27)13-28-18/h2-10,17-18,28H,11-14H2,1H3,(H,29,33)(H,30,31). The van der Waals surface area contributed by atoms with Gasteiger partial charge in [-0.3, -0.25) is 14.2 Å². The number of carbonyl (C=O) groups is 1. The van der Waals surface area contributed by atoms with Crippen molar-refractivity contribution in [2.24, 2.45) is 0 Å². The monoisotopic (exact) mass is 577 g/mol. The van der Waals surface area contributed by atoms with E-state index in [0.29, 0.717) is 34.1 Å². The Morgan fingerprint density at radius 3 is 2.74 bits per heavy atom. The Morgan fingerprint density at radius 2 is 2.03 bits per heavy atom. The molecule has 4 aromatic rings. The normalized spacial score (nSPS) is 17.6. The molecule has 5 rings (SSSR count). The lowest BCUT2D eigenvalue weighted by Crippen LogP contribution is -2.40. The van der Waals surface area contributed by atoms with E-state index < -0.39 is 22.2 Å². The summed E-state index contributed by atoms with van der Waals surface area (Å²) in [6.07, 6.45) is -0.832. The van der Waals surface area contributed by atoms with Crippen LogP contribution in [0.4, 0.5) is 10.2 Å². The molecular weight excluding hydrogens is 553 g/mol. The van der Waals surface area contributed by atoms with E-state index in [1.807, 2.05) is 36.4 Å². The molecule has 1 fully saturated rings. The summed E-state index contributed by atoms with van der Waals surface area (Å²) in [5.41, 5.74) is 2.44. The molecule has 0 spiro atoms. The fourth-order valence-electron chi connectivity index (χ4n) is 4.39. The highest BCUT2D eigenvalue weighted by molar-refractivity contribution is 7.94. The molecule has 3 heterocycles. The van der Waals surface area contributed by atoms with E-state index in [1.54, 1.807) is 10.7 Å². The number of nitrogens with one attached hydrogen (secondary N) is 3. The predicted octanol–water partition coefficient (Wildman–Crippen LogP) is 3.93. The minimum atomic E-state index is -3.92. The highest BCUT2D eigenvalue weighted by Gasteiger charge is 2.29. The zero-order valence-electron chi connectivity index (χ0n) is 20.3. The topological polar surface area (TPSA) is 114 Å². The first-order valence-corrected chi connectivity index (χ1v) is 14.5. The molecule has 0 aliphatic carbocycles. The van der Waals surface area contributed by atoms with Crippen molar-refractivity contribution in [2.45, 2.75) is 35.9 Å². The van der Waals surface area contributed by atoms with Crippen LogP contribution in [0, 0.1) is 0 Å². The van der Waals surface area contributed by atoms with Gasteiger partial charge in [0.2, 0.25) is 5.91 Å². The lowest BCUT2D eigenvalue weighted by molar-refractivity contribution is -0.123. The first kappa shape index (κ1) is 26.4. The number of amides is 1. The van der Waals surface area contributed by atoms with Gasteiger partial charge in [0.15, 0.2) is 5.82 Å². The number of sulfonamides is 1. The van der Waals surface area contributed by atoms with Gasteiger partial charge < -0.3 is 15.4 Å². The number of carbonyl (C=O) groups excluding carboxylic acids is 1. The number of fused-ring (bicyclic) bond motifs is 1. The van der Waals surface area contributed by atoms with E-state index >= 15 is 0 Å². The molecule has 9 nitrogen and oxygen atoms in total. The molecule has 1 saturated heterocycles. The Bertz CT molecular complexity index is 1590. The first-order valence-electron chi connectivity index (χ1n) is 11.8. The Hall–Kier alpha value is -3.19. The average molecular weight is 578 g/mol. The van der Waals surface area contributed by atoms with Crippen LogP contribution in [-0.4, -0.2) is 50.0 Å². The van der Waals surface area contributed by atoms with E-state index in [2.05, 4.69) is 20.5 Å². The Balaban J connectivity index is 1.39. The zero-order valence-corrected chi connectivity index (χ0v) is 22.7. The van der Waals surface area contributed by atoms with Gasteiger partial charge in [0, 0.05) is 19.5 Å². The van der Waals surface area contributed by atoms with E-state index in [0.717, 1.165) is 22.5 Å². The van der Waals surface area contributed by atoms with Gasteiger partial charge in [0.25, 0.3) is 10.0 Å². The Labute approximate surface area is 228 Å². The predicted molar refractivity (Wildman–Crippen MR) is 145 cm³/mol. The summed E-state index contributed by atoms with van der Waals surface area (Å²) < 4.78 is 49.6. The molecule has 0 bridgehead atoms. The summed E-state index contributed by atoms with van der Waals surface area (Å²) in [6.45, 7) is 0.824. The third kappa shape index (κ3) is 5.63. The number of aromatic nitrogens is 2. The second-order valence-corrected chi connectivity index (χ2v) is 12.5. The molecule has 1 aliphatic heterocycles. The summed E-state index contributed by atoms with van der Waals surface area (Å²) in [5.74, 6) is 0.383. The highest BCUT2D eigenvalue weighted by Crippen LogP contribution is 2.35. The van der Waals surface area contributed by atoms with Gasteiger partial charge >= 0.3 is 0 Å². The van der Waals surface area contributed by atoms with Crippen LogP contribution in [0.1, 0.15) is 17.5 Å². The number of thiophene rings is 1. The Kier molecular flexibility index (Phi) is 7.57. The summed E-state index contributed by atoms with van der Waals surface area (Å²) in [4.78, 5) is 12.3. The first-order chi connectivity index (χ1) is 18.2. The van der Waals surface area contributed by atoms with E-state index in [4.69, 9.17) is 16.3 Å². The van der Waals surface area contributed by atoms with Crippen molar-refractivity contribution in [3.05, 3.63) is 70.1 Å². The van der Waals surface area contributed by atoms with E-state index in [1.165, 1.54) is 19.2 Å². The maximum absolute atomic E-state index is 13.4. The number of methoxy groups -OCH3 is 1. The van der Waals surface area contributed by atoms with Gasteiger partial charge in [0.1, 0.15) is 16.1 Å². The Morgan fingerprint density at radius 1 is 1.24 bits per heavy atom. The number of alkyl halides is 1. The highest BCUT2D eigenvalue weighted by atomic mass is 35.5. The van der Waals surface area contributed by atoms with Crippen LogP contribution in [0.25, 0.3) is 10.9 Å². The molecule has 0 saturated carbocycles. The van der Waals surface area contributed by atoms with Crippen LogP contribution < -0.4 is 20.1 Å². The van der Waals surface area contributed by atoms with Crippen LogP contribution >= 0.6 is 22.9 Å². The number of hydrogen-bond acceptors (Lipinski definition) is 7. The van der Waals surface area contributed by atoms with Gasteiger partial charge in [-0.05, 0) is 35.4 Å². The van der Waals surface area contributed by atoms with Gasteiger partial charge in [-0.25, -0.2) is 12.8 Å². The van der Waals surface area contributed by atoms with Crippen molar-refractivity contribution in [3.63, 3.8) is 0 Å². The largest absolute Gasteiger partial charge is 0.496 e. The fourth-order valence-corrected chi connectivity index (χ4v) is 6.89. The van der Waals surface area contributed by atoms with Crippen LogP contribution in [0.15, 0.2) is 58.8 Å². The van der Waals surface area contributed by atoms with Gasteiger partial charge in [-0.15, -0.1) is 11.3 Å². The summed E-state index contributed by atoms with van der Waals surface area (Å²) in [6, 6.07) is 15.4. The van der Waals surface area contributed by atoms with Crippen molar-refractivity contribution >= 4 is 55.6 Å². The summed E-state index contributed by atoms with van der Waals surface area (Å²) in [7, 11) is -2.41. The smallest absolute Gasteiger partial charge is 0.272 e. The molecule has 38 heavy (non-hydrogen) atoms. The number of ether oxygens (including phenoxy) is 1. The lowest BCUT2D eigenvalue weighted by Gasteiger charge is -2.12. The van der Waals surface area contributed by atoms with E-state index in [9.17, 15) is 17.6 Å². The second kappa shape index (κ2) is 10.9. The lowest BCUT2D eigenvalue weighted by atomic mass is 10.1. The maximum atomic E-state index is 13.4. The number of rotatable bonds is 9. The molecule has 2 atom stereocenters. The van der Waals surface area contributed by atoms with Crippen molar-refractivity contribution in [3.8, 4) is 5.75 Å². The molecule has 13 heteroatoms. The van der Waals surface area contributed by atoms with Gasteiger partial charge in [-0.2, -0.15) is 5.10 Å². The molecule has 2 unspecified atom stereocenters. The van der Waals surface area contributed by atoms with Crippen LogP contribution in [0.2, 0.25) is 4.34 Å². The molecule has 1 amide bonds. The van der Waals surface area contributed by atoms with Crippen molar-refractivity contribution in [2.75, 3.05) is 18.4 Å². The molecule has 2 aromatic carbocycles. The average Bonchev–Trinajstić information content (AvgIpc) is 3.62. The molecule has 1 aliphatic rings. The molecule has 200 valence electrons. The quantitative estimate of drug-likeness (QED) is 0.278. The van der Waals surface area contributed by atoms with Gasteiger partial charge in [0.05, 0.1) is 34.9 Å². The molecule has 3 N–H and O–H groups in total. The van der Waals surface area contributed by atoms with E-state index in [-0.39, 0.29) is 28.9 Å². The van der Waals surface area contributed by atoms with Crippen molar-refractivity contribution in [1.29, 1.82) is 0 Å². The number of halogens is 2. The number of anilines is 1. The SMILES string of the molecule is COc1cccc2c1c(NS(=O)(=O)c1ccc(Cl)s1)nn2Cc1cccc(CNC(=O)C2CC(F)CN2)c1. The molecular formula is C25H25ClFN5O4S2. The number of benzene rings is 2. The maximum Gasteiger partial charge on any atom is 0.272 e. The molecule has 0 radical (unpaired) electrons. The minimum absolute atomic E-state index is 0.0738. The van der Waals surface area contributed by atoms with Crippen LogP contribution in [0.5, 0.6) is 5.75 Å². The number of nitrogens with zero attached hydrogens (tertiary/aromatic N) is 2. The summed E-state index contributed by atoms with van der Waals surface area (Å²) in [5, 5.41) is 10.8. The zero-order chi connectivity index (χ0) is 26.9. The number of hydrogen-bond donors (Lipinski definition) is 3. The third-order valence-corrected chi connectivity index (χ3v) is 9.25. The summed E-state index contributed by atoms with van der Waals surface area (Å²) >= 11 is 6.89. The van der Waals surface area contributed by atoms with Gasteiger partial charge in [-0.1, -0.05) is 41.9 Å². The fraction of sp³-hybridized carbons (Fsp3) is 0.280. The van der Waals surface area contributed by atoms with Crippen LogP contribution in [0.3, 0.4) is 0 Å². The van der Waals surface area contributed by atoms with Crippen LogP contribution in [-0.2, 0) is 27.9 Å². The second-order valence-electron chi connectivity index (χ2n) is 8.86. The third-order valence-electron chi connectivity index (χ3n) is 6.19. The van der Waals surface area contributed by atoms with Crippen molar-refractivity contribution in [1.82, 2.24) is 20.4 Å². The minimum Gasteiger partial charge on any atom is -0.496 e. The van der Waals surface area contributed by atoms with Crippen molar-refractivity contribution < 1.29 is 22.3 Å². The molecule has 2 aromatic heterocycles.